The number of aromatic nitrogens is 3. The molecule has 0 spiro atoms. The van der Waals surface area contributed by atoms with Crippen molar-refractivity contribution in [1.82, 2.24) is 19.9 Å². The molecule has 3 aromatic rings. The Bertz CT molecular complexity index is 954. The third-order valence-corrected chi connectivity index (χ3v) is 5.41. The topological polar surface area (TPSA) is 71.0 Å². The molecule has 1 N–H and O–H groups in total. The largest absolute Gasteiger partial charge is 0.348 e. The lowest BCUT2D eigenvalue weighted by Gasteiger charge is -2.17. The number of hydrogen-bond donors (Lipinski definition) is 1. The van der Waals surface area contributed by atoms with Crippen LogP contribution in [0.1, 0.15) is 41.9 Å². The van der Waals surface area contributed by atoms with Crippen LogP contribution in [0, 0.1) is 5.95 Å². The molecular weight excluding hydrogens is 353 g/mol. The standard InChI is InChI=1S/C18H18FN5OS/c1-11(12-4-6-20-14(19)10-12)21-18-22-13-5-9-26-16(13)15(23-18)17(25)24-7-2-3-8-24/h4-6,9-11H,2-3,7-8H2,1H3,(H,21,22,23). The third kappa shape index (κ3) is 3.24. The fourth-order valence-electron chi connectivity index (χ4n) is 3.11. The summed E-state index contributed by atoms with van der Waals surface area (Å²) in [6.07, 6.45) is 3.48. The minimum atomic E-state index is -0.532. The molecule has 0 aromatic carbocycles. The minimum absolute atomic E-state index is 0.0528. The maximum atomic E-state index is 13.4. The highest BCUT2D eigenvalue weighted by molar-refractivity contribution is 7.17. The van der Waals surface area contributed by atoms with Gasteiger partial charge in [0.05, 0.1) is 16.3 Å². The molecule has 4 rings (SSSR count). The van der Waals surface area contributed by atoms with E-state index < -0.39 is 5.95 Å². The zero-order valence-corrected chi connectivity index (χ0v) is 15.1. The van der Waals surface area contributed by atoms with Crippen LogP contribution in [0.15, 0.2) is 29.8 Å². The van der Waals surface area contributed by atoms with Gasteiger partial charge in [-0.05, 0) is 48.9 Å². The number of likely N-dealkylation sites (tertiary alicyclic amines) is 1. The van der Waals surface area contributed by atoms with Crippen molar-refractivity contribution in [2.24, 2.45) is 0 Å². The monoisotopic (exact) mass is 371 g/mol. The fourth-order valence-corrected chi connectivity index (χ4v) is 3.92. The lowest BCUT2D eigenvalue weighted by molar-refractivity contribution is 0.0789. The number of carbonyl (C=O) groups is 1. The van der Waals surface area contributed by atoms with Gasteiger partial charge in [-0.15, -0.1) is 11.3 Å². The number of fused-ring (bicyclic) bond motifs is 1. The average molecular weight is 371 g/mol. The molecule has 4 heterocycles. The molecule has 1 atom stereocenters. The van der Waals surface area contributed by atoms with Gasteiger partial charge in [-0.25, -0.2) is 15.0 Å². The number of nitrogens with zero attached hydrogens (tertiary/aromatic N) is 4. The molecule has 1 fully saturated rings. The number of thiophene rings is 1. The molecule has 1 aliphatic rings. The van der Waals surface area contributed by atoms with E-state index in [0.717, 1.165) is 41.7 Å². The van der Waals surface area contributed by atoms with Gasteiger partial charge >= 0.3 is 0 Å². The molecule has 1 aliphatic heterocycles. The Morgan fingerprint density at radius 1 is 1.31 bits per heavy atom. The zero-order chi connectivity index (χ0) is 18.1. The Hall–Kier alpha value is -2.61. The number of halogens is 1. The minimum Gasteiger partial charge on any atom is -0.348 e. The summed E-state index contributed by atoms with van der Waals surface area (Å²) in [5, 5.41) is 5.08. The molecule has 3 aromatic heterocycles. The zero-order valence-electron chi connectivity index (χ0n) is 14.3. The van der Waals surface area contributed by atoms with Crippen LogP contribution in [0.3, 0.4) is 0 Å². The Morgan fingerprint density at radius 2 is 2.12 bits per heavy atom. The van der Waals surface area contributed by atoms with Crippen molar-refractivity contribution in [2.75, 3.05) is 18.4 Å². The van der Waals surface area contributed by atoms with Crippen LogP contribution in [0.5, 0.6) is 0 Å². The molecule has 6 nitrogen and oxygen atoms in total. The second-order valence-electron chi connectivity index (χ2n) is 6.31. The van der Waals surface area contributed by atoms with Gasteiger partial charge in [0.25, 0.3) is 5.91 Å². The smallest absolute Gasteiger partial charge is 0.274 e. The van der Waals surface area contributed by atoms with Gasteiger partial charge in [0.1, 0.15) is 0 Å². The number of carbonyl (C=O) groups excluding carboxylic acids is 1. The maximum absolute atomic E-state index is 13.4. The third-order valence-electron chi connectivity index (χ3n) is 4.50. The van der Waals surface area contributed by atoms with Crippen LogP contribution in [0.2, 0.25) is 0 Å². The normalized spacial score (nSPS) is 15.4. The molecule has 8 heteroatoms. The van der Waals surface area contributed by atoms with Crippen LogP contribution in [0.4, 0.5) is 10.3 Å². The van der Waals surface area contributed by atoms with Gasteiger partial charge in [-0.2, -0.15) is 4.39 Å². The van der Waals surface area contributed by atoms with E-state index in [1.54, 1.807) is 6.07 Å². The first-order valence-electron chi connectivity index (χ1n) is 8.54. The van der Waals surface area contributed by atoms with E-state index in [4.69, 9.17) is 0 Å². The number of pyridine rings is 1. The first-order valence-corrected chi connectivity index (χ1v) is 9.42. The van der Waals surface area contributed by atoms with Gasteiger partial charge in [0.15, 0.2) is 5.69 Å². The van der Waals surface area contributed by atoms with E-state index in [9.17, 15) is 9.18 Å². The Kier molecular flexibility index (Phi) is 4.50. The lowest BCUT2D eigenvalue weighted by atomic mass is 10.1. The van der Waals surface area contributed by atoms with Gasteiger partial charge < -0.3 is 10.2 Å². The fraction of sp³-hybridized carbons (Fsp3) is 0.333. The second kappa shape index (κ2) is 6.95. The molecule has 0 saturated carbocycles. The molecule has 1 unspecified atom stereocenters. The summed E-state index contributed by atoms with van der Waals surface area (Å²) in [5.41, 5.74) is 1.91. The van der Waals surface area contributed by atoms with Crippen LogP contribution < -0.4 is 5.32 Å². The first kappa shape index (κ1) is 16.8. The van der Waals surface area contributed by atoms with Gasteiger partial charge in [-0.3, -0.25) is 4.79 Å². The number of nitrogens with one attached hydrogen (secondary N) is 1. The highest BCUT2D eigenvalue weighted by Crippen LogP contribution is 2.27. The van der Waals surface area contributed by atoms with Gasteiger partial charge in [0.2, 0.25) is 11.9 Å². The van der Waals surface area contributed by atoms with E-state index >= 15 is 0 Å². The lowest BCUT2D eigenvalue weighted by Crippen LogP contribution is -2.28. The first-order chi connectivity index (χ1) is 12.6. The molecule has 0 radical (unpaired) electrons. The predicted molar refractivity (Wildman–Crippen MR) is 98.8 cm³/mol. The number of amides is 1. The van der Waals surface area contributed by atoms with Crippen LogP contribution >= 0.6 is 11.3 Å². The van der Waals surface area contributed by atoms with Crippen molar-refractivity contribution in [3.05, 3.63) is 47.0 Å². The molecule has 1 saturated heterocycles. The van der Waals surface area contributed by atoms with E-state index in [2.05, 4.69) is 20.3 Å². The van der Waals surface area contributed by atoms with Crippen LogP contribution in [0.25, 0.3) is 10.2 Å². The van der Waals surface area contributed by atoms with Gasteiger partial charge in [-0.1, -0.05) is 0 Å². The molecular formula is C18H18FN5OS. The van der Waals surface area contributed by atoms with Crippen molar-refractivity contribution < 1.29 is 9.18 Å². The van der Waals surface area contributed by atoms with E-state index in [-0.39, 0.29) is 11.9 Å². The number of anilines is 1. The summed E-state index contributed by atoms with van der Waals surface area (Å²) in [6, 6.07) is 4.76. The summed E-state index contributed by atoms with van der Waals surface area (Å²) in [5.74, 6) is -0.221. The van der Waals surface area contributed by atoms with Crippen molar-refractivity contribution in [3.8, 4) is 0 Å². The Balaban J connectivity index is 1.66. The van der Waals surface area contributed by atoms with Crippen LogP contribution in [-0.2, 0) is 0 Å². The SMILES string of the molecule is CC(Nc1nc(C(=O)N2CCCC2)c2sccc2n1)c1ccnc(F)c1. The van der Waals surface area contributed by atoms with Crippen LogP contribution in [-0.4, -0.2) is 38.8 Å². The summed E-state index contributed by atoms with van der Waals surface area (Å²) in [7, 11) is 0. The quantitative estimate of drug-likeness (QED) is 0.709. The maximum Gasteiger partial charge on any atom is 0.274 e. The van der Waals surface area contributed by atoms with E-state index in [1.807, 2.05) is 23.3 Å². The van der Waals surface area contributed by atoms with Crippen molar-refractivity contribution in [2.45, 2.75) is 25.8 Å². The second-order valence-corrected chi connectivity index (χ2v) is 7.22. The average Bonchev–Trinajstić information content (AvgIpc) is 3.32. The summed E-state index contributed by atoms with van der Waals surface area (Å²) >= 11 is 1.47. The highest BCUT2D eigenvalue weighted by Gasteiger charge is 2.24. The summed E-state index contributed by atoms with van der Waals surface area (Å²) in [6.45, 7) is 3.42. The summed E-state index contributed by atoms with van der Waals surface area (Å²) < 4.78 is 14.2. The molecule has 134 valence electrons. The Labute approximate surface area is 154 Å². The van der Waals surface area contributed by atoms with E-state index in [0.29, 0.717) is 11.6 Å². The predicted octanol–water partition coefficient (Wildman–Crippen LogP) is 3.63. The van der Waals surface area contributed by atoms with E-state index in [1.165, 1.54) is 23.6 Å². The molecule has 0 aliphatic carbocycles. The molecule has 0 bridgehead atoms. The van der Waals surface area contributed by atoms with Gasteiger partial charge in [0, 0.05) is 19.3 Å². The molecule has 1 amide bonds. The number of rotatable bonds is 4. The number of hydrogen-bond acceptors (Lipinski definition) is 6. The van der Waals surface area contributed by atoms with Crippen molar-refractivity contribution in [3.63, 3.8) is 0 Å². The van der Waals surface area contributed by atoms with Crippen molar-refractivity contribution in [1.29, 1.82) is 0 Å². The van der Waals surface area contributed by atoms with Crippen molar-refractivity contribution >= 4 is 33.4 Å². The Morgan fingerprint density at radius 3 is 2.88 bits per heavy atom. The highest BCUT2D eigenvalue weighted by atomic mass is 32.1. The molecule has 26 heavy (non-hydrogen) atoms. The summed E-state index contributed by atoms with van der Waals surface area (Å²) in [4.78, 5) is 27.3.